The maximum absolute atomic E-state index is 12.3. The Morgan fingerprint density at radius 1 is 1.24 bits per heavy atom. The van der Waals surface area contributed by atoms with E-state index in [0.717, 1.165) is 35.7 Å². The highest BCUT2D eigenvalue weighted by Gasteiger charge is 2.16. The SMILES string of the molecule is FCCOc1ccc2[nH]nc(-c3ccnc(N4CCOCC4)c3)c2n1. The zero-order valence-corrected chi connectivity index (χ0v) is 13.6. The Balaban J connectivity index is 1.68. The summed E-state index contributed by atoms with van der Waals surface area (Å²) >= 11 is 0. The van der Waals surface area contributed by atoms with Gasteiger partial charge < -0.3 is 14.4 Å². The lowest BCUT2D eigenvalue weighted by Gasteiger charge is -2.27. The molecule has 4 rings (SSSR count). The van der Waals surface area contributed by atoms with Gasteiger partial charge in [-0.3, -0.25) is 5.10 Å². The number of anilines is 1. The summed E-state index contributed by atoms with van der Waals surface area (Å²) in [6.45, 7) is 2.48. The molecule has 130 valence electrons. The molecule has 0 amide bonds. The number of ether oxygens (including phenoxy) is 2. The van der Waals surface area contributed by atoms with Crippen LogP contribution in [0.1, 0.15) is 0 Å². The zero-order chi connectivity index (χ0) is 17.1. The van der Waals surface area contributed by atoms with Crippen LogP contribution >= 0.6 is 0 Å². The summed E-state index contributed by atoms with van der Waals surface area (Å²) in [6.07, 6.45) is 1.77. The second-order valence-electron chi connectivity index (χ2n) is 5.66. The smallest absolute Gasteiger partial charge is 0.214 e. The lowest BCUT2D eigenvalue weighted by Crippen LogP contribution is -2.36. The fourth-order valence-corrected chi connectivity index (χ4v) is 2.84. The average molecular weight is 343 g/mol. The molecule has 8 heteroatoms. The molecule has 0 saturated carbocycles. The van der Waals surface area contributed by atoms with Crippen molar-refractivity contribution in [1.82, 2.24) is 20.2 Å². The summed E-state index contributed by atoms with van der Waals surface area (Å²) in [6, 6.07) is 7.43. The Bertz CT molecular complexity index is 863. The summed E-state index contributed by atoms with van der Waals surface area (Å²) in [5.41, 5.74) is 3.12. The van der Waals surface area contributed by atoms with Gasteiger partial charge >= 0.3 is 0 Å². The number of nitrogens with zero attached hydrogens (tertiary/aromatic N) is 4. The summed E-state index contributed by atoms with van der Waals surface area (Å²) in [5, 5.41) is 7.36. The Morgan fingerprint density at radius 3 is 2.96 bits per heavy atom. The van der Waals surface area contributed by atoms with Crippen LogP contribution < -0.4 is 9.64 Å². The first kappa shape index (κ1) is 15.8. The predicted octanol–water partition coefficient (Wildman–Crippen LogP) is 2.20. The fourth-order valence-electron chi connectivity index (χ4n) is 2.84. The van der Waals surface area contributed by atoms with Crippen LogP contribution in [0.15, 0.2) is 30.5 Å². The van der Waals surface area contributed by atoms with Crippen molar-refractivity contribution in [3.05, 3.63) is 30.5 Å². The van der Waals surface area contributed by atoms with Crippen LogP contribution in [0.2, 0.25) is 0 Å². The van der Waals surface area contributed by atoms with Crippen LogP contribution in [-0.2, 0) is 4.74 Å². The van der Waals surface area contributed by atoms with Gasteiger partial charge in [-0.15, -0.1) is 0 Å². The van der Waals surface area contributed by atoms with Crippen molar-refractivity contribution in [2.45, 2.75) is 0 Å². The minimum Gasteiger partial charge on any atom is -0.475 e. The standard InChI is InChI=1S/C17H18FN5O2/c18-4-8-25-15-2-1-13-17(20-15)16(22-21-13)12-3-5-19-14(11-12)23-6-9-24-10-7-23/h1-3,5,11H,4,6-10H2,(H,21,22). The maximum Gasteiger partial charge on any atom is 0.214 e. The molecule has 0 bridgehead atoms. The van der Waals surface area contributed by atoms with Crippen molar-refractivity contribution in [1.29, 1.82) is 0 Å². The molecule has 0 aliphatic carbocycles. The van der Waals surface area contributed by atoms with Crippen LogP contribution in [0, 0.1) is 0 Å². The van der Waals surface area contributed by atoms with Crippen molar-refractivity contribution in [2.75, 3.05) is 44.5 Å². The van der Waals surface area contributed by atoms with E-state index in [0.29, 0.717) is 24.6 Å². The normalized spacial score (nSPS) is 14.8. The number of pyridine rings is 2. The van der Waals surface area contributed by atoms with Crippen LogP contribution in [0.3, 0.4) is 0 Å². The first-order valence-electron chi connectivity index (χ1n) is 8.18. The van der Waals surface area contributed by atoms with E-state index in [2.05, 4.69) is 25.1 Å². The number of morpholine rings is 1. The maximum atomic E-state index is 12.3. The molecule has 0 radical (unpaired) electrons. The molecule has 3 aromatic rings. The average Bonchev–Trinajstić information content (AvgIpc) is 3.10. The van der Waals surface area contributed by atoms with Crippen LogP contribution in [0.25, 0.3) is 22.3 Å². The summed E-state index contributed by atoms with van der Waals surface area (Å²) < 4.78 is 23.0. The number of nitrogens with one attached hydrogen (secondary N) is 1. The third-order valence-electron chi connectivity index (χ3n) is 4.06. The van der Waals surface area contributed by atoms with Gasteiger partial charge in [0.25, 0.3) is 0 Å². The third kappa shape index (κ3) is 3.25. The topological polar surface area (TPSA) is 76.2 Å². The van der Waals surface area contributed by atoms with E-state index in [9.17, 15) is 4.39 Å². The molecule has 0 aromatic carbocycles. The molecule has 4 heterocycles. The molecular formula is C17H18FN5O2. The number of rotatable bonds is 5. The van der Waals surface area contributed by atoms with E-state index in [1.165, 1.54) is 0 Å². The van der Waals surface area contributed by atoms with Gasteiger partial charge in [0.2, 0.25) is 5.88 Å². The largest absolute Gasteiger partial charge is 0.475 e. The number of fused-ring (bicyclic) bond motifs is 1. The molecule has 1 saturated heterocycles. The molecule has 0 unspecified atom stereocenters. The number of alkyl halides is 1. The lowest BCUT2D eigenvalue weighted by atomic mass is 10.1. The summed E-state index contributed by atoms with van der Waals surface area (Å²) in [4.78, 5) is 11.1. The third-order valence-corrected chi connectivity index (χ3v) is 4.06. The molecule has 1 N–H and O–H groups in total. The number of halogens is 1. The second kappa shape index (κ2) is 7.02. The predicted molar refractivity (Wildman–Crippen MR) is 91.6 cm³/mol. The first-order chi connectivity index (χ1) is 12.3. The number of H-pyrrole nitrogens is 1. The van der Waals surface area contributed by atoms with Crippen molar-refractivity contribution in [3.63, 3.8) is 0 Å². The molecule has 1 fully saturated rings. The number of hydrogen-bond acceptors (Lipinski definition) is 6. The lowest BCUT2D eigenvalue weighted by molar-refractivity contribution is 0.122. The van der Waals surface area contributed by atoms with Crippen molar-refractivity contribution in [2.24, 2.45) is 0 Å². The van der Waals surface area contributed by atoms with Crippen molar-refractivity contribution >= 4 is 16.9 Å². The van der Waals surface area contributed by atoms with Gasteiger partial charge in [0.1, 0.15) is 30.3 Å². The molecule has 0 atom stereocenters. The van der Waals surface area contributed by atoms with E-state index >= 15 is 0 Å². The highest BCUT2D eigenvalue weighted by atomic mass is 19.1. The van der Waals surface area contributed by atoms with E-state index in [4.69, 9.17) is 9.47 Å². The van der Waals surface area contributed by atoms with Gasteiger partial charge in [-0.05, 0) is 18.2 Å². The van der Waals surface area contributed by atoms with E-state index < -0.39 is 6.67 Å². The van der Waals surface area contributed by atoms with Gasteiger partial charge in [-0.2, -0.15) is 5.10 Å². The van der Waals surface area contributed by atoms with Gasteiger partial charge in [0, 0.05) is 30.9 Å². The highest BCUT2D eigenvalue weighted by molar-refractivity contribution is 5.90. The number of hydrogen-bond donors (Lipinski definition) is 1. The molecule has 1 aliphatic heterocycles. The number of aromatic nitrogens is 4. The fraction of sp³-hybridized carbons (Fsp3) is 0.353. The second-order valence-corrected chi connectivity index (χ2v) is 5.66. The highest BCUT2D eigenvalue weighted by Crippen LogP contribution is 2.28. The monoisotopic (exact) mass is 343 g/mol. The Morgan fingerprint density at radius 2 is 2.12 bits per heavy atom. The summed E-state index contributed by atoms with van der Waals surface area (Å²) in [5.74, 6) is 1.28. The molecule has 25 heavy (non-hydrogen) atoms. The van der Waals surface area contributed by atoms with Gasteiger partial charge in [0.05, 0.1) is 18.7 Å². The number of aromatic amines is 1. The van der Waals surface area contributed by atoms with E-state index in [1.807, 2.05) is 18.2 Å². The van der Waals surface area contributed by atoms with Crippen LogP contribution in [0.5, 0.6) is 5.88 Å². The van der Waals surface area contributed by atoms with Gasteiger partial charge in [-0.1, -0.05) is 0 Å². The Kier molecular flexibility index (Phi) is 4.43. The van der Waals surface area contributed by atoms with E-state index in [1.54, 1.807) is 12.3 Å². The van der Waals surface area contributed by atoms with Gasteiger partial charge in [0.15, 0.2) is 0 Å². The van der Waals surface area contributed by atoms with Crippen LogP contribution in [-0.4, -0.2) is 59.8 Å². The Labute approximate surface area is 143 Å². The molecule has 1 aliphatic rings. The molecule has 3 aromatic heterocycles. The molecule has 7 nitrogen and oxygen atoms in total. The molecule has 0 spiro atoms. The zero-order valence-electron chi connectivity index (χ0n) is 13.6. The Hall–Kier alpha value is -2.74. The minimum absolute atomic E-state index is 0.0118. The van der Waals surface area contributed by atoms with Crippen molar-refractivity contribution in [3.8, 4) is 17.1 Å². The first-order valence-corrected chi connectivity index (χ1v) is 8.18. The minimum atomic E-state index is -0.550. The van der Waals surface area contributed by atoms with Crippen LogP contribution in [0.4, 0.5) is 10.2 Å². The van der Waals surface area contributed by atoms with Gasteiger partial charge in [-0.25, -0.2) is 14.4 Å². The molecular weight excluding hydrogens is 325 g/mol. The summed E-state index contributed by atoms with van der Waals surface area (Å²) in [7, 11) is 0. The quantitative estimate of drug-likeness (QED) is 0.765. The van der Waals surface area contributed by atoms with Crippen molar-refractivity contribution < 1.29 is 13.9 Å². The van der Waals surface area contributed by atoms with E-state index in [-0.39, 0.29) is 6.61 Å².